The van der Waals surface area contributed by atoms with E-state index in [1.165, 1.54) is 6.42 Å². The van der Waals surface area contributed by atoms with E-state index in [0.717, 1.165) is 58.0 Å². The highest BCUT2D eigenvalue weighted by atomic mass is 16.2. The first-order valence-electron chi connectivity index (χ1n) is 8.10. The molecule has 2 unspecified atom stereocenters. The Morgan fingerprint density at radius 2 is 1.85 bits per heavy atom. The first kappa shape index (κ1) is 13.9. The molecule has 2 saturated heterocycles. The molecule has 0 aromatic rings. The average molecular weight is 279 g/mol. The monoisotopic (exact) mass is 279 g/mol. The second-order valence-corrected chi connectivity index (χ2v) is 6.33. The van der Waals surface area contributed by atoms with Crippen LogP contribution >= 0.6 is 0 Å². The molecule has 2 heterocycles. The lowest BCUT2D eigenvalue weighted by Crippen LogP contribution is -2.52. The van der Waals surface area contributed by atoms with E-state index in [-0.39, 0.29) is 23.9 Å². The molecule has 112 valence electrons. The summed E-state index contributed by atoms with van der Waals surface area (Å²) in [5, 5.41) is 6.39. The van der Waals surface area contributed by atoms with Gasteiger partial charge in [-0.2, -0.15) is 0 Å². The lowest BCUT2D eigenvalue weighted by Gasteiger charge is -2.28. The zero-order valence-electron chi connectivity index (χ0n) is 12.1. The number of carbonyl (C=O) groups is 2. The first-order valence-corrected chi connectivity index (χ1v) is 8.10. The number of amides is 2. The van der Waals surface area contributed by atoms with E-state index in [2.05, 4.69) is 10.6 Å². The van der Waals surface area contributed by atoms with Gasteiger partial charge in [-0.25, -0.2) is 0 Å². The SMILES string of the molecule is O=C(NC1CC1)C1CCCN1C(=O)C1CCCCCN1. The van der Waals surface area contributed by atoms with Gasteiger partial charge in [0.1, 0.15) is 6.04 Å². The molecular weight excluding hydrogens is 254 g/mol. The average Bonchev–Trinajstić information content (AvgIpc) is 3.18. The van der Waals surface area contributed by atoms with E-state index >= 15 is 0 Å². The highest BCUT2D eigenvalue weighted by Gasteiger charge is 2.38. The van der Waals surface area contributed by atoms with Crippen molar-refractivity contribution in [3.8, 4) is 0 Å². The van der Waals surface area contributed by atoms with E-state index in [1.807, 2.05) is 4.90 Å². The molecule has 1 saturated carbocycles. The largest absolute Gasteiger partial charge is 0.352 e. The molecule has 0 spiro atoms. The quantitative estimate of drug-likeness (QED) is 0.803. The van der Waals surface area contributed by atoms with E-state index in [9.17, 15) is 9.59 Å². The van der Waals surface area contributed by atoms with Gasteiger partial charge in [0.05, 0.1) is 6.04 Å². The van der Waals surface area contributed by atoms with Crippen molar-refractivity contribution >= 4 is 11.8 Å². The molecular formula is C15H25N3O2. The van der Waals surface area contributed by atoms with Gasteiger partial charge in [-0.15, -0.1) is 0 Å². The van der Waals surface area contributed by atoms with Crippen LogP contribution in [-0.2, 0) is 9.59 Å². The maximum Gasteiger partial charge on any atom is 0.243 e. The lowest BCUT2D eigenvalue weighted by molar-refractivity contribution is -0.140. The molecule has 0 bridgehead atoms. The molecule has 5 nitrogen and oxygen atoms in total. The number of nitrogens with zero attached hydrogens (tertiary/aromatic N) is 1. The molecule has 0 aromatic heterocycles. The van der Waals surface area contributed by atoms with E-state index in [1.54, 1.807) is 0 Å². The Labute approximate surface area is 120 Å². The number of likely N-dealkylation sites (tertiary alicyclic amines) is 1. The molecule has 2 atom stereocenters. The maximum atomic E-state index is 12.7. The minimum atomic E-state index is -0.229. The fourth-order valence-corrected chi connectivity index (χ4v) is 3.27. The van der Waals surface area contributed by atoms with E-state index in [4.69, 9.17) is 0 Å². The third kappa shape index (κ3) is 3.14. The van der Waals surface area contributed by atoms with Crippen molar-refractivity contribution in [1.29, 1.82) is 0 Å². The second kappa shape index (κ2) is 6.12. The summed E-state index contributed by atoms with van der Waals surface area (Å²) in [5.41, 5.74) is 0. The van der Waals surface area contributed by atoms with Crippen LogP contribution in [0.2, 0.25) is 0 Å². The summed E-state index contributed by atoms with van der Waals surface area (Å²) in [6.45, 7) is 1.66. The Kier molecular flexibility index (Phi) is 4.24. The van der Waals surface area contributed by atoms with Crippen molar-refractivity contribution in [2.45, 2.75) is 69.5 Å². The van der Waals surface area contributed by atoms with Crippen molar-refractivity contribution in [3.05, 3.63) is 0 Å². The van der Waals surface area contributed by atoms with E-state index < -0.39 is 0 Å². The van der Waals surface area contributed by atoms with Crippen LogP contribution in [-0.4, -0.2) is 47.9 Å². The van der Waals surface area contributed by atoms with Gasteiger partial charge in [-0.1, -0.05) is 12.8 Å². The molecule has 1 aliphatic carbocycles. The summed E-state index contributed by atoms with van der Waals surface area (Å²) in [6, 6.07) is 0.0658. The van der Waals surface area contributed by atoms with Crippen LogP contribution in [0.3, 0.4) is 0 Å². The molecule has 0 radical (unpaired) electrons. The van der Waals surface area contributed by atoms with Crippen molar-refractivity contribution in [2.24, 2.45) is 0 Å². The van der Waals surface area contributed by atoms with Gasteiger partial charge in [-0.3, -0.25) is 9.59 Å². The van der Waals surface area contributed by atoms with Crippen molar-refractivity contribution in [2.75, 3.05) is 13.1 Å². The fourth-order valence-electron chi connectivity index (χ4n) is 3.27. The minimum absolute atomic E-state index is 0.0620. The van der Waals surface area contributed by atoms with Gasteiger partial charge in [0.2, 0.25) is 11.8 Å². The van der Waals surface area contributed by atoms with Gasteiger partial charge < -0.3 is 15.5 Å². The Morgan fingerprint density at radius 1 is 1.00 bits per heavy atom. The molecule has 0 aromatic carbocycles. The maximum absolute atomic E-state index is 12.7. The Bertz CT molecular complexity index is 373. The minimum Gasteiger partial charge on any atom is -0.352 e. The van der Waals surface area contributed by atoms with E-state index in [0.29, 0.717) is 6.04 Å². The van der Waals surface area contributed by atoms with Crippen LogP contribution in [0.5, 0.6) is 0 Å². The van der Waals surface area contributed by atoms with Gasteiger partial charge in [-0.05, 0) is 45.1 Å². The summed E-state index contributed by atoms with van der Waals surface area (Å²) < 4.78 is 0. The molecule has 2 N–H and O–H groups in total. The highest BCUT2D eigenvalue weighted by molar-refractivity contribution is 5.90. The van der Waals surface area contributed by atoms with Crippen molar-refractivity contribution in [1.82, 2.24) is 15.5 Å². The number of hydrogen-bond acceptors (Lipinski definition) is 3. The highest BCUT2D eigenvalue weighted by Crippen LogP contribution is 2.23. The Hall–Kier alpha value is -1.10. The normalized spacial score (nSPS) is 30.9. The standard InChI is InChI=1S/C15H25N3O2/c19-14(17-11-7-8-11)13-6-4-10-18(13)15(20)12-5-2-1-3-9-16-12/h11-13,16H,1-10H2,(H,17,19). The molecule has 20 heavy (non-hydrogen) atoms. The number of rotatable bonds is 3. The van der Waals surface area contributed by atoms with Crippen LogP contribution < -0.4 is 10.6 Å². The molecule has 2 aliphatic heterocycles. The van der Waals surface area contributed by atoms with Crippen molar-refractivity contribution < 1.29 is 9.59 Å². The predicted octanol–water partition coefficient (Wildman–Crippen LogP) is 0.788. The Balaban J connectivity index is 1.61. The lowest BCUT2D eigenvalue weighted by atomic mass is 10.1. The van der Waals surface area contributed by atoms with Crippen LogP contribution in [0, 0.1) is 0 Å². The first-order chi connectivity index (χ1) is 9.75. The zero-order valence-corrected chi connectivity index (χ0v) is 12.1. The predicted molar refractivity (Wildman–Crippen MR) is 76.2 cm³/mol. The van der Waals surface area contributed by atoms with Crippen LogP contribution in [0.15, 0.2) is 0 Å². The number of nitrogens with one attached hydrogen (secondary N) is 2. The van der Waals surface area contributed by atoms with Gasteiger partial charge >= 0.3 is 0 Å². The van der Waals surface area contributed by atoms with Gasteiger partial charge in [0.25, 0.3) is 0 Å². The smallest absolute Gasteiger partial charge is 0.243 e. The molecule has 5 heteroatoms. The van der Waals surface area contributed by atoms with Crippen LogP contribution in [0.1, 0.15) is 51.4 Å². The zero-order chi connectivity index (χ0) is 13.9. The molecule has 3 fully saturated rings. The molecule has 2 amide bonds. The van der Waals surface area contributed by atoms with Crippen LogP contribution in [0.25, 0.3) is 0 Å². The van der Waals surface area contributed by atoms with Gasteiger partial charge in [0.15, 0.2) is 0 Å². The van der Waals surface area contributed by atoms with Gasteiger partial charge in [0, 0.05) is 12.6 Å². The molecule has 3 aliphatic rings. The summed E-state index contributed by atoms with van der Waals surface area (Å²) in [4.78, 5) is 26.7. The molecule has 3 rings (SSSR count). The second-order valence-electron chi connectivity index (χ2n) is 6.33. The Morgan fingerprint density at radius 3 is 2.65 bits per heavy atom. The van der Waals surface area contributed by atoms with Crippen molar-refractivity contribution in [3.63, 3.8) is 0 Å². The summed E-state index contributed by atoms with van der Waals surface area (Å²) in [7, 11) is 0. The van der Waals surface area contributed by atoms with Crippen LogP contribution in [0.4, 0.5) is 0 Å². The topological polar surface area (TPSA) is 61.4 Å². The summed E-state index contributed by atoms with van der Waals surface area (Å²) in [6.07, 6.45) is 8.31. The third-order valence-corrected chi connectivity index (χ3v) is 4.62. The number of hydrogen-bond donors (Lipinski definition) is 2. The third-order valence-electron chi connectivity index (χ3n) is 4.62. The fraction of sp³-hybridized carbons (Fsp3) is 0.867. The number of carbonyl (C=O) groups excluding carboxylic acids is 2. The summed E-state index contributed by atoms with van der Waals surface area (Å²) in [5.74, 6) is 0.201. The summed E-state index contributed by atoms with van der Waals surface area (Å²) >= 11 is 0.